The van der Waals surface area contributed by atoms with Crippen LogP contribution in [0, 0.1) is 13.8 Å². The molecule has 0 spiro atoms. The van der Waals surface area contributed by atoms with Crippen molar-refractivity contribution in [1.82, 2.24) is 15.0 Å². The zero-order chi connectivity index (χ0) is 14.8. The zero-order valence-electron chi connectivity index (χ0n) is 12.7. The van der Waals surface area contributed by atoms with Crippen LogP contribution < -0.4 is 5.73 Å². The molecule has 21 heavy (non-hydrogen) atoms. The maximum atomic E-state index is 5.51. The first kappa shape index (κ1) is 14.2. The highest BCUT2D eigenvalue weighted by Gasteiger charge is 2.30. The van der Waals surface area contributed by atoms with E-state index in [4.69, 9.17) is 10.3 Å². The smallest absolute Gasteiger partial charge is 0.240 e. The first-order valence-electron chi connectivity index (χ1n) is 7.47. The Morgan fingerprint density at radius 2 is 2.05 bits per heavy atom. The number of aryl methyl sites for hydroxylation is 2. The first-order chi connectivity index (χ1) is 10.2. The number of hydrogen-bond acceptors (Lipinski definition) is 5. The van der Waals surface area contributed by atoms with Gasteiger partial charge in [-0.25, -0.2) is 0 Å². The number of nitrogens with two attached hydrogens (primary N) is 1. The Kier molecular flexibility index (Phi) is 4.03. The molecule has 1 saturated carbocycles. The van der Waals surface area contributed by atoms with Gasteiger partial charge in [-0.2, -0.15) is 4.98 Å². The lowest BCUT2D eigenvalue weighted by Gasteiger charge is -2.20. The van der Waals surface area contributed by atoms with Gasteiger partial charge in [-0.1, -0.05) is 23.4 Å². The lowest BCUT2D eigenvalue weighted by atomic mass is 10.1. The summed E-state index contributed by atoms with van der Waals surface area (Å²) in [7, 11) is 0. The standard InChI is InChI=1S/C16H22N4O/c1-11-3-4-13(7-12(11)2)9-20(14-5-6-14)10-15-18-16(8-17)21-19-15/h3-4,7,14H,5-6,8-10,17H2,1-2H3. The molecule has 112 valence electrons. The summed E-state index contributed by atoms with van der Waals surface area (Å²) in [5.74, 6) is 1.23. The number of hydrogen-bond donors (Lipinski definition) is 1. The van der Waals surface area contributed by atoms with Crippen LogP contribution >= 0.6 is 0 Å². The highest BCUT2D eigenvalue weighted by atomic mass is 16.5. The van der Waals surface area contributed by atoms with Crippen LogP contribution in [-0.2, 0) is 19.6 Å². The fourth-order valence-electron chi connectivity index (χ4n) is 2.51. The molecule has 2 N–H and O–H groups in total. The van der Waals surface area contributed by atoms with Crippen molar-refractivity contribution in [2.24, 2.45) is 5.73 Å². The third-order valence-corrected chi connectivity index (χ3v) is 4.05. The van der Waals surface area contributed by atoms with E-state index in [2.05, 4.69) is 47.1 Å². The largest absolute Gasteiger partial charge is 0.338 e. The second-order valence-corrected chi connectivity index (χ2v) is 5.86. The predicted molar refractivity (Wildman–Crippen MR) is 80.4 cm³/mol. The molecule has 2 aromatic rings. The minimum Gasteiger partial charge on any atom is -0.338 e. The van der Waals surface area contributed by atoms with Crippen LogP contribution in [0.2, 0.25) is 0 Å². The molecule has 0 radical (unpaired) electrons. The highest BCUT2D eigenvalue weighted by Crippen LogP contribution is 2.29. The summed E-state index contributed by atoms with van der Waals surface area (Å²) in [6.45, 7) is 6.26. The molecular weight excluding hydrogens is 264 g/mol. The average molecular weight is 286 g/mol. The minimum atomic E-state index is 0.299. The third kappa shape index (κ3) is 3.49. The van der Waals surface area contributed by atoms with Crippen molar-refractivity contribution < 1.29 is 4.52 Å². The molecule has 0 amide bonds. The van der Waals surface area contributed by atoms with Crippen LogP contribution in [0.15, 0.2) is 22.7 Å². The molecular formula is C16H22N4O. The second-order valence-electron chi connectivity index (χ2n) is 5.86. The van der Waals surface area contributed by atoms with E-state index in [1.807, 2.05) is 0 Å². The average Bonchev–Trinajstić information content (AvgIpc) is 3.22. The monoisotopic (exact) mass is 286 g/mol. The number of aromatic nitrogens is 2. The van der Waals surface area contributed by atoms with Gasteiger partial charge in [0.05, 0.1) is 13.1 Å². The summed E-state index contributed by atoms with van der Waals surface area (Å²) < 4.78 is 5.09. The Morgan fingerprint density at radius 1 is 1.24 bits per heavy atom. The lowest BCUT2D eigenvalue weighted by molar-refractivity contribution is 0.235. The maximum Gasteiger partial charge on any atom is 0.240 e. The van der Waals surface area contributed by atoms with Crippen molar-refractivity contribution in [3.05, 3.63) is 46.6 Å². The van der Waals surface area contributed by atoms with Gasteiger partial charge < -0.3 is 10.3 Å². The van der Waals surface area contributed by atoms with Gasteiger partial charge in [-0.15, -0.1) is 0 Å². The molecule has 0 bridgehead atoms. The van der Waals surface area contributed by atoms with E-state index < -0.39 is 0 Å². The van der Waals surface area contributed by atoms with E-state index in [-0.39, 0.29) is 0 Å². The van der Waals surface area contributed by atoms with Gasteiger partial charge in [0, 0.05) is 12.6 Å². The SMILES string of the molecule is Cc1ccc(CN(Cc2noc(CN)n2)C2CC2)cc1C. The fourth-order valence-corrected chi connectivity index (χ4v) is 2.51. The van der Waals surface area contributed by atoms with Gasteiger partial charge in [-0.3, -0.25) is 4.90 Å². The molecule has 3 rings (SSSR count). The van der Waals surface area contributed by atoms with Gasteiger partial charge in [0.15, 0.2) is 5.82 Å². The molecule has 1 fully saturated rings. The molecule has 1 aromatic heterocycles. The molecule has 0 atom stereocenters. The summed E-state index contributed by atoms with van der Waals surface area (Å²) in [5, 5.41) is 4.00. The van der Waals surface area contributed by atoms with Crippen molar-refractivity contribution in [2.75, 3.05) is 0 Å². The van der Waals surface area contributed by atoms with Crippen LogP contribution in [-0.4, -0.2) is 21.1 Å². The fraction of sp³-hybridized carbons (Fsp3) is 0.500. The Bertz CT molecular complexity index is 618. The molecule has 1 heterocycles. The van der Waals surface area contributed by atoms with Crippen LogP contribution in [0.3, 0.4) is 0 Å². The molecule has 1 aliphatic carbocycles. The van der Waals surface area contributed by atoms with Crippen molar-refractivity contribution in [1.29, 1.82) is 0 Å². The number of benzene rings is 1. The van der Waals surface area contributed by atoms with Gasteiger partial charge in [0.25, 0.3) is 0 Å². The Balaban J connectivity index is 1.70. The van der Waals surface area contributed by atoms with Gasteiger partial charge in [0.2, 0.25) is 5.89 Å². The molecule has 0 aliphatic heterocycles. The van der Waals surface area contributed by atoms with Gasteiger partial charge in [0.1, 0.15) is 0 Å². The molecule has 5 nitrogen and oxygen atoms in total. The van der Waals surface area contributed by atoms with E-state index in [1.54, 1.807) is 0 Å². The maximum absolute atomic E-state index is 5.51. The third-order valence-electron chi connectivity index (χ3n) is 4.05. The molecule has 1 aliphatic rings. The Labute approximate surface area is 125 Å². The summed E-state index contributed by atoms with van der Waals surface area (Å²) in [6, 6.07) is 7.31. The summed E-state index contributed by atoms with van der Waals surface area (Å²) in [5.41, 5.74) is 9.53. The Hall–Kier alpha value is -1.72. The number of nitrogens with zero attached hydrogens (tertiary/aromatic N) is 3. The molecule has 0 saturated heterocycles. The zero-order valence-corrected chi connectivity index (χ0v) is 12.7. The number of rotatable bonds is 6. The van der Waals surface area contributed by atoms with Crippen LogP contribution in [0.4, 0.5) is 0 Å². The molecule has 0 unspecified atom stereocenters. The molecule has 5 heteroatoms. The van der Waals surface area contributed by atoms with E-state index in [1.165, 1.54) is 29.5 Å². The van der Waals surface area contributed by atoms with Crippen LogP contribution in [0.25, 0.3) is 0 Å². The first-order valence-corrected chi connectivity index (χ1v) is 7.47. The van der Waals surface area contributed by atoms with Crippen molar-refractivity contribution >= 4 is 0 Å². The lowest BCUT2D eigenvalue weighted by Crippen LogP contribution is -2.25. The normalized spacial score (nSPS) is 14.9. The van der Waals surface area contributed by atoms with E-state index in [0.717, 1.165) is 18.9 Å². The van der Waals surface area contributed by atoms with Crippen molar-refractivity contribution in [3.63, 3.8) is 0 Å². The Morgan fingerprint density at radius 3 is 2.67 bits per heavy atom. The topological polar surface area (TPSA) is 68.2 Å². The van der Waals surface area contributed by atoms with Crippen LogP contribution in [0.1, 0.15) is 41.2 Å². The van der Waals surface area contributed by atoms with Crippen LogP contribution in [0.5, 0.6) is 0 Å². The highest BCUT2D eigenvalue weighted by molar-refractivity contribution is 5.30. The summed E-state index contributed by atoms with van der Waals surface area (Å²) in [4.78, 5) is 6.73. The van der Waals surface area contributed by atoms with E-state index in [0.29, 0.717) is 18.5 Å². The van der Waals surface area contributed by atoms with Gasteiger partial charge in [-0.05, 0) is 43.4 Å². The second kappa shape index (κ2) is 5.95. The van der Waals surface area contributed by atoms with E-state index in [9.17, 15) is 0 Å². The van der Waals surface area contributed by atoms with E-state index >= 15 is 0 Å². The predicted octanol–water partition coefficient (Wildman–Crippen LogP) is 2.31. The quantitative estimate of drug-likeness (QED) is 0.882. The van der Waals surface area contributed by atoms with Crippen molar-refractivity contribution in [2.45, 2.75) is 52.4 Å². The summed E-state index contributed by atoms with van der Waals surface area (Å²) in [6.07, 6.45) is 2.51. The minimum absolute atomic E-state index is 0.299. The molecule has 1 aromatic carbocycles. The van der Waals surface area contributed by atoms with Gasteiger partial charge >= 0.3 is 0 Å². The summed E-state index contributed by atoms with van der Waals surface area (Å²) >= 11 is 0. The van der Waals surface area contributed by atoms with Crippen molar-refractivity contribution in [3.8, 4) is 0 Å².